The number of rotatable bonds is 4. The number of halogens is 9. The molecule has 0 amide bonds. The zero-order valence-corrected chi connectivity index (χ0v) is 8.53. The maximum Gasteiger partial charge on any atom is 0.512 e. The molecule has 0 aromatic carbocycles. The first-order chi connectivity index (χ1) is 8.16. The molecule has 0 rings (SSSR count). The van der Waals surface area contributed by atoms with Crippen molar-refractivity contribution in [2.24, 2.45) is 0 Å². The van der Waals surface area contributed by atoms with Gasteiger partial charge in [-0.25, -0.2) is 9.53 Å². The monoisotopic (exact) mass is 310 g/mol. The normalized spacial score (nSPS) is 14.2. The summed E-state index contributed by atoms with van der Waals surface area (Å²) in [5, 5.41) is 0. The summed E-state index contributed by atoms with van der Waals surface area (Å²) in [6.45, 7) is 0. The van der Waals surface area contributed by atoms with E-state index in [2.05, 4.69) is 9.47 Å². The Hall–Kier alpha value is -1.40. The average Bonchev–Trinajstić information content (AvgIpc) is 2.12. The van der Waals surface area contributed by atoms with Gasteiger partial charge >= 0.3 is 30.7 Å². The first-order valence-corrected chi connectivity index (χ1v) is 3.83. The van der Waals surface area contributed by atoms with Gasteiger partial charge in [0.05, 0.1) is 7.11 Å². The van der Waals surface area contributed by atoms with Crippen molar-refractivity contribution in [2.75, 3.05) is 7.11 Å². The van der Waals surface area contributed by atoms with Gasteiger partial charge in [-0.2, -0.15) is 39.5 Å². The fraction of sp³-hybridized carbons (Fsp3) is 0.833. The molecule has 0 aromatic heterocycles. The van der Waals surface area contributed by atoms with Crippen molar-refractivity contribution in [3.8, 4) is 0 Å². The highest BCUT2D eigenvalue weighted by Gasteiger charge is 2.72. The van der Waals surface area contributed by atoms with Gasteiger partial charge in [-0.05, 0) is 0 Å². The average molecular weight is 310 g/mol. The summed E-state index contributed by atoms with van der Waals surface area (Å²) in [6.07, 6.45) is -28.3. The molecule has 13 heteroatoms. The number of ether oxygens (including phenoxy) is 3. The van der Waals surface area contributed by atoms with Crippen LogP contribution in [-0.2, 0) is 14.2 Å². The van der Waals surface area contributed by atoms with Crippen molar-refractivity contribution in [3.05, 3.63) is 0 Å². The minimum atomic E-state index is -6.68. The largest absolute Gasteiger partial charge is 0.512 e. The highest BCUT2D eigenvalue weighted by molar-refractivity contribution is 5.60. The molecule has 0 atom stereocenters. The zero-order valence-electron chi connectivity index (χ0n) is 8.53. The number of carbonyl (C=O) groups excluding carboxylic acids is 1. The Kier molecular flexibility index (Phi) is 4.57. The van der Waals surface area contributed by atoms with Gasteiger partial charge in [-0.1, -0.05) is 0 Å². The fourth-order valence-electron chi connectivity index (χ4n) is 0.484. The maximum absolute atomic E-state index is 12.5. The van der Waals surface area contributed by atoms with Crippen molar-refractivity contribution in [3.63, 3.8) is 0 Å². The minimum absolute atomic E-state index is 0.391. The van der Waals surface area contributed by atoms with Crippen LogP contribution in [0.3, 0.4) is 0 Å². The van der Waals surface area contributed by atoms with Crippen LogP contribution in [-0.4, -0.2) is 37.8 Å². The standard InChI is InChI=1S/C6H3F9O4/c1-17-2(16)18-5(12,13)6(14,15)19-4(10,11)3(7,8)9/h1H3. The van der Waals surface area contributed by atoms with E-state index in [0.717, 1.165) is 0 Å². The van der Waals surface area contributed by atoms with E-state index in [4.69, 9.17) is 0 Å². The number of carbonyl (C=O) groups is 1. The van der Waals surface area contributed by atoms with E-state index >= 15 is 0 Å². The SMILES string of the molecule is COC(=O)OC(F)(F)C(F)(F)OC(F)(F)C(F)(F)F. The Morgan fingerprint density at radius 1 is 0.789 bits per heavy atom. The van der Waals surface area contributed by atoms with Crippen LogP contribution in [0.5, 0.6) is 0 Å². The summed E-state index contributed by atoms with van der Waals surface area (Å²) in [5.74, 6) is 0. The van der Waals surface area contributed by atoms with Crippen molar-refractivity contribution in [1.29, 1.82) is 0 Å². The van der Waals surface area contributed by atoms with Crippen molar-refractivity contribution in [2.45, 2.75) is 24.5 Å². The molecular weight excluding hydrogens is 307 g/mol. The van der Waals surface area contributed by atoms with Crippen LogP contribution >= 0.6 is 0 Å². The van der Waals surface area contributed by atoms with Crippen LogP contribution in [0.25, 0.3) is 0 Å². The second kappa shape index (κ2) is 4.94. The Bertz CT molecular complexity index is 336. The van der Waals surface area contributed by atoms with Gasteiger partial charge in [0.2, 0.25) is 0 Å². The van der Waals surface area contributed by atoms with E-state index in [-0.39, 0.29) is 0 Å². The molecule has 0 fully saturated rings. The van der Waals surface area contributed by atoms with Crippen LogP contribution in [0.15, 0.2) is 0 Å². The van der Waals surface area contributed by atoms with E-state index < -0.39 is 30.7 Å². The third kappa shape index (κ3) is 4.04. The molecule has 0 bridgehead atoms. The lowest BCUT2D eigenvalue weighted by atomic mass is 10.5. The fourth-order valence-corrected chi connectivity index (χ4v) is 0.484. The van der Waals surface area contributed by atoms with Gasteiger partial charge in [0, 0.05) is 0 Å². The molecule has 0 aliphatic rings. The number of alkyl halides is 9. The molecule has 0 saturated heterocycles. The molecule has 0 spiro atoms. The van der Waals surface area contributed by atoms with E-state index in [0.29, 0.717) is 7.11 Å². The van der Waals surface area contributed by atoms with E-state index in [1.54, 1.807) is 4.74 Å². The van der Waals surface area contributed by atoms with Crippen LogP contribution < -0.4 is 0 Å². The second-order valence-electron chi connectivity index (χ2n) is 2.71. The van der Waals surface area contributed by atoms with Crippen LogP contribution in [0, 0.1) is 0 Å². The van der Waals surface area contributed by atoms with Crippen molar-refractivity contribution >= 4 is 6.16 Å². The lowest BCUT2D eigenvalue weighted by Gasteiger charge is -2.28. The quantitative estimate of drug-likeness (QED) is 0.591. The predicted molar refractivity (Wildman–Crippen MR) is 35.5 cm³/mol. The van der Waals surface area contributed by atoms with Crippen molar-refractivity contribution in [1.82, 2.24) is 0 Å². The zero-order chi connectivity index (χ0) is 15.7. The van der Waals surface area contributed by atoms with Crippen LogP contribution in [0.1, 0.15) is 0 Å². The first kappa shape index (κ1) is 17.6. The third-order valence-electron chi connectivity index (χ3n) is 1.30. The van der Waals surface area contributed by atoms with Gasteiger partial charge in [0.25, 0.3) is 0 Å². The molecule has 0 N–H and O–H groups in total. The summed E-state index contributed by atoms with van der Waals surface area (Å²) in [4.78, 5) is 10.1. The molecule has 0 aliphatic heterocycles. The maximum atomic E-state index is 12.5. The van der Waals surface area contributed by atoms with E-state index in [9.17, 15) is 44.3 Å². The molecule has 0 radical (unpaired) electrons. The predicted octanol–water partition coefficient (Wildman–Crippen LogP) is 3.13. The molecule has 0 aromatic rings. The Labute approximate surface area is 97.6 Å². The van der Waals surface area contributed by atoms with Crippen LogP contribution in [0.2, 0.25) is 0 Å². The number of hydrogen-bond donors (Lipinski definition) is 0. The smallest absolute Gasteiger partial charge is 0.437 e. The van der Waals surface area contributed by atoms with Gasteiger partial charge < -0.3 is 9.47 Å². The molecular formula is C6H3F9O4. The molecule has 19 heavy (non-hydrogen) atoms. The van der Waals surface area contributed by atoms with Crippen LogP contribution in [0.4, 0.5) is 44.3 Å². The summed E-state index contributed by atoms with van der Waals surface area (Å²) < 4.78 is 116. The van der Waals surface area contributed by atoms with E-state index in [1.165, 1.54) is 0 Å². The highest BCUT2D eigenvalue weighted by Crippen LogP contribution is 2.45. The molecule has 0 unspecified atom stereocenters. The molecule has 0 saturated carbocycles. The Morgan fingerprint density at radius 3 is 1.53 bits per heavy atom. The number of hydrogen-bond acceptors (Lipinski definition) is 4. The summed E-state index contributed by atoms with van der Waals surface area (Å²) in [6, 6.07) is 0. The molecule has 0 heterocycles. The third-order valence-corrected chi connectivity index (χ3v) is 1.30. The summed E-state index contributed by atoms with van der Waals surface area (Å²) in [5.41, 5.74) is 0. The van der Waals surface area contributed by atoms with Crippen molar-refractivity contribution < 1.29 is 58.5 Å². The number of methoxy groups -OCH3 is 1. The molecule has 4 nitrogen and oxygen atoms in total. The second-order valence-corrected chi connectivity index (χ2v) is 2.71. The highest BCUT2D eigenvalue weighted by atomic mass is 19.4. The molecule has 114 valence electrons. The van der Waals surface area contributed by atoms with Gasteiger partial charge in [-0.3, -0.25) is 0 Å². The summed E-state index contributed by atoms with van der Waals surface area (Å²) >= 11 is 0. The lowest BCUT2D eigenvalue weighted by molar-refractivity contribution is -0.510. The Morgan fingerprint density at radius 2 is 1.21 bits per heavy atom. The van der Waals surface area contributed by atoms with Gasteiger partial charge in [-0.15, -0.1) is 0 Å². The summed E-state index contributed by atoms with van der Waals surface area (Å²) in [7, 11) is 0.391. The topological polar surface area (TPSA) is 44.8 Å². The first-order valence-electron chi connectivity index (χ1n) is 3.83. The molecule has 0 aliphatic carbocycles. The lowest BCUT2D eigenvalue weighted by Crippen LogP contribution is -2.53. The van der Waals surface area contributed by atoms with Gasteiger partial charge in [0.15, 0.2) is 0 Å². The Balaban J connectivity index is 5.12. The minimum Gasteiger partial charge on any atom is -0.437 e. The van der Waals surface area contributed by atoms with Gasteiger partial charge in [0.1, 0.15) is 0 Å². The van der Waals surface area contributed by atoms with E-state index in [1.807, 2.05) is 0 Å².